The van der Waals surface area contributed by atoms with E-state index >= 15 is 0 Å². The molecule has 0 saturated carbocycles. The molecule has 0 unspecified atom stereocenters. The van der Waals surface area contributed by atoms with Crippen LogP contribution in [0.5, 0.6) is 5.75 Å². The standard InChI is InChI=1S/C22H15Cl2N3O4S/c1-2-31-19-8-7-12(9-18(19)27(29)30)21(28)25-17-10-13(14(23)11-15(17)24)22-26-16-5-3-4-6-20(16)32-22/h3-11H,2H2,1H3,(H,25,28). The summed E-state index contributed by atoms with van der Waals surface area (Å²) in [5.41, 5.74) is 1.56. The van der Waals surface area contributed by atoms with E-state index in [0.717, 1.165) is 10.2 Å². The minimum absolute atomic E-state index is 0.0905. The highest BCUT2D eigenvalue weighted by Crippen LogP contribution is 2.39. The number of aromatic nitrogens is 1. The first kappa shape index (κ1) is 22.0. The fraction of sp³-hybridized carbons (Fsp3) is 0.0909. The Kier molecular flexibility index (Phi) is 6.27. The Labute approximate surface area is 196 Å². The van der Waals surface area contributed by atoms with Gasteiger partial charge in [-0.05, 0) is 43.3 Å². The van der Waals surface area contributed by atoms with Crippen LogP contribution in [-0.4, -0.2) is 22.4 Å². The zero-order chi connectivity index (χ0) is 22.8. The third-order valence-corrected chi connectivity index (χ3v) is 6.24. The first-order valence-corrected chi connectivity index (χ1v) is 11.0. The normalized spacial score (nSPS) is 10.8. The minimum Gasteiger partial charge on any atom is -0.487 e. The molecule has 7 nitrogen and oxygen atoms in total. The van der Waals surface area contributed by atoms with Gasteiger partial charge in [0.05, 0.1) is 37.5 Å². The Balaban J connectivity index is 1.67. The Morgan fingerprint density at radius 2 is 1.94 bits per heavy atom. The number of carbonyl (C=O) groups excluding carboxylic acids is 1. The van der Waals surface area contributed by atoms with Crippen molar-refractivity contribution in [2.75, 3.05) is 11.9 Å². The molecule has 0 spiro atoms. The van der Waals surface area contributed by atoms with Crippen LogP contribution in [0.4, 0.5) is 11.4 Å². The molecule has 1 N–H and O–H groups in total. The van der Waals surface area contributed by atoms with Gasteiger partial charge in [0.25, 0.3) is 5.91 Å². The Bertz CT molecular complexity index is 1320. The number of hydrogen-bond donors (Lipinski definition) is 1. The van der Waals surface area contributed by atoms with E-state index in [0.29, 0.717) is 21.3 Å². The van der Waals surface area contributed by atoms with Gasteiger partial charge in [0.15, 0.2) is 5.75 Å². The van der Waals surface area contributed by atoms with Crippen LogP contribution in [0.25, 0.3) is 20.8 Å². The maximum absolute atomic E-state index is 12.8. The van der Waals surface area contributed by atoms with Gasteiger partial charge in [-0.25, -0.2) is 4.98 Å². The second kappa shape index (κ2) is 9.12. The Morgan fingerprint density at radius 3 is 2.66 bits per heavy atom. The summed E-state index contributed by atoms with van der Waals surface area (Å²) in [6, 6.07) is 14.9. The first-order valence-electron chi connectivity index (χ1n) is 9.45. The van der Waals surface area contributed by atoms with Crippen LogP contribution in [-0.2, 0) is 0 Å². The SMILES string of the molecule is CCOc1ccc(C(=O)Nc2cc(-c3nc4ccccc4s3)c(Cl)cc2Cl)cc1[N+](=O)[O-]. The average molecular weight is 488 g/mol. The summed E-state index contributed by atoms with van der Waals surface area (Å²) in [6.45, 7) is 1.98. The molecule has 4 rings (SSSR count). The van der Waals surface area contributed by atoms with Gasteiger partial charge in [-0.3, -0.25) is 14.9 Å². The zero-order valence-corrected chi connectivity index (χ0v) is 18.9. The van der Waals surface area contributed by atoms with Crippen molar-refractivity contribution >= 4 is 62.0 Å². The number of nitro benzene ring substituents is 1. The van der Waals surface area contributed by atoms with E-state index in [9.17, 15) is 14.9 Å². The molecule has 4 aromatic rings. The number of carbonyl (C=O) groups is 1. The average Bonchev–Trinajstić information content (AvgIpc) is 3.19. The fourth-order valence-corrected chi connectivity index (χ4v) is 4.64. The largest absolute Gasteiger partial charge is 0.487 e. The molecule has 1 amide bonds. The molecule has 1 heterocycles. The third kappa shape index (κ3) is 4.38. The summed E-state index contributed by atoms with van der Waals surface area (Å²) in [4.78, 5) is 28.2. The number of benzene rings is 3. The molecule has 162 valence electrons. The molecule has 0 aliphatic rings. The van der Waals surface area contributed by atoms with Crippen molar-refractivity contribution in [1.82, 2.24) is 4.98 Å². The minimum atomic E-state index is -0.595. The van der Waals surface area contributed by atoms with Crippen molar-refractivity contribution < 1.29 is 14.5 Å². The topological polar surface area (TPSA) is 94.4 Å². The lowest BCUT2D eigenvalue weighted by molar-refractivity contribution is -0.385. The lowest BCUT2D eigenvalue weighted by Crippen LogP contribution is -2.13. The van der Waals surface area contributed by atoms with Crippen molar-refractivity contribution in [1.29, 1.82) is 0 Å². The number of amides is 1. The van der Waals surface area contributed by atoms with Crippen LogP contribution in [0.2, 0.25) is 10.0 Å². The predicted molar refractivity (Wildman–Crippen MR) is 127 cm³/mol. The van der Waals surface area contributed by atoms with Crippen molar-refractivity contribution in [2.45, 2.75) is 6.92 Å². The number of para-hydroxylation sites is 1. The lowest BCUT2D eigenvalue weighted by Gasteiger charge is -2.11. The monoisotopic (exact) mass is 487 g/mol. The van der Waals surface area contributed by atoms with E-state index in [1.165, 1.54) is 35.6 Å². The molecule has 0 atom stereocenters. The highest BCUT2D eigenvalue weighted by molar-refractivity contribution is 7.21. The quantitative estimate of drug-likeness (QED) is 0.237. The molecule has 0 aliphatic heterocycles. The van der Waals surface area contributed by atoms with E-state index in [-0.39, 0.29) is 28.6 Å². The van der Waals surface area contributed by atoms with Gasteiger partial charge in [0.1, 0.15) is 5.01 Å². The lowest BCUT2D eigenvalue weighted by atomic mass is 10.1. The fourth-order valence-electron chi connectivity index (χ4n) is 3.07. The number of nitro groups is 1. The molecule has 3 aromatic carbocycles. The zero-order valence-electron chi connectivity index (χ0n) is 16.6. The number of nitrogens with zero attached hydrogens (tertiary/aromatic N) is 2. The number of anilines is 1. The number of halogens is 2. The summed E-state index contributed by atoms with van der Waals surface area (Å²) in [5.74, 6) is -0.465. The number of rotatable bonds is 6. The molecular formula is C22H15Cl2N3O4S. The van der Waals surface area contributed by atoms with E-state index in [4.69, 9.17) is 27.9 Å². The summed E-state index contributed by atoms with van der Waals surface area (Å²) in [5, 5.41) is 15.4. The predicted octanol–water partition coefficient (Wildman–Crippen LogP) is 6.83. The number of nitrogens with one attached hydrogen (secondary N) is 1. The van der Waals surface area contributed by atoms with E-state index in [2.05, 4.69) is 10.3 Å². The van der Waals surface area contributed by atoms with E-state index in [1.54, 1.807) is 13.0 Å². The maximum atomic E-state index is 12.8. The smallest absolute Gasteiger partial charge is 0.311 e. The number of thiazole rings is 1. The third-order valence-electron chi connectivity index (χ3n) is 4.55. The van der Waals surface area contributed by atoms with Gasteiger partial charge >= 0.3 is 5.69 Å². The first-order chi connectivity index (χ1) is 15.4. The van der Waals surface area contributed by atoms with Crippen molar-refractivity contribution in [3.8, 4) is 16.3 Å². The van der Waals surface area contributed by atoms with Gasteiger partial charge < -0.3 is 10.1 Å². The second-order valence-electron chi connectivity index (χ2n) is 6.63. The van der Waals surface area contributed by atoms with Gasteiger partial charge in [0.2, 0.25) is 0 Å². The van der Waals surface area contributed by atoms with E-state index in [1.807, 2.05) is 24.3 Å². The molecule has 10 heteroatoms. The Morgan fingerprint density at radius 1 is 1.16 bits per heavy atom. The number of hydrogen-bond acceptors (Lipinski definition) is 6. The van der Waals surface area contributed by atoms with Crippen molar-refractivity contribution in [3.63, 3.8) is 0 Å². The van der Waals surface area contributed by atoms with Crippen LogP contribution in [0.1, 0.15) is 17.3 Å². The molecule has 0 saturated heterocycles. The summed E-state index contributed by atoms with van der Waals surface area (Å²) < 4.78 is 6.26. The molecule has 32 heavy (non-hydrogen) atoms. The molecular weight excluding hydrogens is 473 g/mol. The molecule has 0 aliphatic carbocycles. The van der Waals surface area contributed by atoms with Gasteiger partial charge in [0, 0.05) is 17.2 Å². The highest BCUT2D eigenvalue weighted by atomic mass is 35.5. The summed E-state index contributed by atoms with van der Waals surface area (Å²) in [6.07, 6.45) is 0. The molecule has 0 fully saturated rings. The second-order valence-corrected chi connectivity index (χ2v) is 8.47. The molecule has 1 aromatic heterocycles. The van der Waals surface area contributed by atoms with Crippen LogP contribution >= 0.6 is 34.5 Å². The van der Waals surface area contributed by atoms with Crippen molar-refractivity contribution in [3.05, 3.63) is 80.3 Å². The highest BCUT2D eigenvalue weighted by Gasteiger charge is 2.20. The van der Waals surface area contributed by atoms with Crippen molar-refractivity contribution in [2.24, 2.45) is 0 Å². The number of ether oxygens (including phenoxy) is 1. The molecule has 0 radical (unpaired) electrons. The van der Waals surface area contributed by atoms with Gasteiger partial charge in [-0.15, -0.1) is 11.3 Å². The summed E-state index contributed by atoms with van der Waals surface area (Å²) >= 11 is 14.2. The van der Waals surface area contributed by atoms with Crippen LogP contribution in [0, 0.1) is 10.1 Å². The van der Waals surface area contributed by atoms with E-state index < -0.39 is 10.8 Å². The van der Waals surface area contributed by atoms with Crippen LogP contribution < -0.4 is 10.1 Å². The number of fused-ring (bicyclic) bond motifs is 1. The van der Waals surface area contributed by atoms with Crippen LogP contribution in [0.3, 0.4) is 0 Å². The summed E-state index contributed by atoms with van der Waals surface area (Å²) in [7, 11) is 0. The van der Waals surface area contributed by atoms with Crippen LogP contribution in [0.15, 0.2) is 54.6 Å². The van der Waals surface area contributed by atoms with Gasteiger partial charge in [-0.2, -0.15) is 0 Å². The Hall–Kier alpha value is -3.20. The molecule has 0 bridgehead atoms. The van der Waals surface area contributed by atoms with Gasteiger partial charge in [-0.1, -0.05) is 35.3 Å². The maximum Gasteiger partial charge on any atom is 0.311 e.